The molecular weight excluding hydrogens is 657 g/mol. The number of allylic oxidation sites excluding steroid dienone is 2. The van der Waals surface area contributed by atoms with E-state index in [2.05, 4.69) is 26.1 Å². The topological polar surface area (TPSA) is 174 Å². The van der Waals surface area contributed by atoms with Crippen molar-refractivity contribution in [2.24, 2.45) is 17.6 Å². The molecule has 1 aliphatic heterocycles. The van der Waals surface area contributed by atoms with E-state index in [0.717, 1.165) is 36.9 Å². The Kier molecular flexibility index (Phi) is 10.4. The summed E-state index contributed by atoms with van der Waals surface area (Å²) >= 11 is 0. The molecule has 266 valence electrons. The fraction of sp³-hybridized carbons (Fsp3) is 0.486. The van der Waals surface area contributed by atoms with Crippen LogP contribution in [0, 0.1) is 18.8 Å². The van der Waals surface area contributed by atoms with Crippen molar-refractivity contribution < 1.29 is 27.5 Å². The van der Waals surface area contributed by atoms with Crippen LogP contribution in [0.2, 0.25) is 0 Å². The second-order valence-electron chi connectivity index (χ2n) is 14.0. The third-order valence-electron chi connectivity index (χ3n) is 10.0. The number of rotatable bonds is 16. The Morgan fingerprint density at radius 2 is 1.72 bits per heavy atom. The number of hydrogen-bond acceptors (Lipinski definition) is 9. The Bertz CT molecular complexity index is 1860. The number of para-hydroxylation sites is 3. The van der Waals surface area contributed by atoms with Gasteiger partial charge in [0, 0.05) is 18.0 Å². The van der Waals surface area contributed by atoms with Gasteiger partial charge in [-0.1, -0.05) is 55.3 Å². The highest BCUT2D eigenvalue weighted by Crippen LogP contribution is 2.44. The predicted molar refractivity (Wildman–Crippen MR) is 190 cm³/mol. The second-order valence-corrected chi connectivity index (χ2v) is 16.2. The lowest BCUT2D eigenvalue weighted by atomic mass is 10.0. The molecule has 1 saturated heterocycles. The molecule has 2 aliphatic carbocycles. The minimum absolute atomic E-state index is 0.0675. The number of unbranched alkanes of at least 4 members (excludes halogenated alkanes) is 3. The van der Waals surface area contributed by atoms with E-state index in [1.165, 1.54) is 0 Å². The maximum atomic E-state index is 14.1. The van der Waals surface area contributed by atoms with Gasteiger partial charge in [0.1, 0.15) is 23.9 Å². The highest BCUT2D eigenvalue weighted by molar-refractivity contribution is 7.91. The van der Waals surface area contributed by atoms with E-state index in [0.29, 0.717) is 42.8 Å². The number of carbonyl (C=O) groups excluding carboxylic acids is 3. The van der Waals surface area contributed by atoms with Crippen molar-refractivity contribution in [3.63, 3.8) is 0 Å². The first-order valence-corrected chi connectivity index (χ1v) is 19.0. The third kappa shape index (κ3) is 8.26. The van der Waals surface area contributed by atoms with E-state index in [1.54, 1.807) is 11.8 Å². The molecule has 2 heterocycles. The van der Waals surface area contributed by atoms with Crippen molar-refractivity contribution in [2.75, 3.05) is 11.9 Å². The lowest BCUT2D eigenvalue weighted by Crippen LogP contribution is -2.49. The molecule has 0 radical (unpaired) electrons. The summed E-state index contributed by atoms with van der Waals surface area (Å²) in [5.41, 5.74) is 8.70. The molecule has 13 heteroatoms. The van der Waals surface area contributed by atoms with Crippen molar-refractivity contribution >= 4 is 44.5 Å². The fourth-order valence-corrected chi connectivity index (χ4v) is 7.80. The minimum atomic E-state index is -3.61. The maximum absolute atomic E-state index is 14.1. The van der Waals surface area contributed by atoms with Gasteiger partial charge in [0.15, 0.2) is 0 Å². The number of aryl methyl sites for hydroxylation is 1. The molecule has 1 aromatic heterocycles. The van der Waals surface area contributed by atoms with Crippen LogP contribution < -0.4 is 20.5 Å². The molecule has 0 spiro atoms. The van der Waals surface area contributed by atoms with Crippen LogP contribution in [0.3, 0.4) is 0 Å². The summed E-state index contributed by atoms with van der Waals surface area (Å²) in [6.45, 7) is 3.69. The monoisotopic (exact) mass is 702 g/mol. The van der Waals surface area contributed by atoms with Crippen molar-refractivity contribution in [1.29, 1.82) is 0 Å². The van der Waals surface area contributed by atoms with E-state index in [4.69, 9.17) is 10.5 Å². The van der Waals surface area contributed by atoms with Gasteiger partial charge in [-0.15, -0.1) is 0 Å². The largest absolute Gasteiger partial charge is 0.471 e. The SMILES string of the molecule is Cc1nc2ccccc2nc1OC1CC(C(N)=O)N(C(=O)C(CCCCCC=CC2CC2C(=O)NS(=O)(=O)C2(C)CC2)Nc2ccccc2)C1. The summed E-state index contributed by atoms with van der Waals surface area (Å²) in [5.74, 6) is -1.04. The first-order valence-electron chi connectivity index (χ1n) is 17.5. The van der Waals surface area contributed by atoms with Crippen LogP contribution in [0.15, 0.2) is 66.7 Å². The van der Waals surface area contributed by atoms with Crippen LogP contribution >= 0.6 is 0 Å². The van der Waals surface area contributed by atoms with Gasteiger partial charge in [0.05, 0.1) is 22.3 Å². The van der Waals surface area contributed by atoms with Gasteiger partial charge in [-0.05, 0) is 82.6 Å². The number of aromatic nitrogens is 2. The van der Waals surface area contributed by atoms with Crippen molar-refractivity contribution in [2.45, 2.75) is 94.6 Å². The Morgan fingerprint density at radius 1 is 1.02 bits per heavy atom. The number of benzene rings is 2. The lowest BCUT2D eigenvalue weighted by molar-refractivity contribution is -0.138. The number of carbonyl (C=O) groups is 3. The van der Waals surface area contributed by atoms with Gasteiger partial charge in [0.2, 0.25) is 33.6 Å². The average molecular weight is 703 g/mol. The number of anilines is 1. The molecule has 3 fully saturated rings. The molecule has 2 aromatic carbocycles. The number of primary amides is 1. The number of ether oxygens (including phenoxy) is 1. The standard InChI is InChI=1S/C37H46N6O6S/c1-24-35(41-30-17-12-11-16-29(30)39-24)49-27-22-32(33(38)44)43(23-27)36(46)31(40-26-14-8-6-9-15-26)18-10-5-3-4-7-13-25-21-28(25)34(45)42-50(47,48)37(2)19-20-37/h6-9,11-17,25,27-28,31-32,40H,3-5,10,18-23H2,1-2H3,(H2,38,44)(H,42,45). The summed E-state index contributed by atoms with van der Waals surface area (Å²) in [7, 11) is -3.61. The van der Waals surface area contributed by atoms with E-state index < -0.39 is 44.8 Å². The summed E-state index contributed by atoms with van der Waals surface area (Å²) < 4.78 is 32.4. The van der Waals surface area contributed by atoms with Gasteiger partial charge < -0.3 is 20.7 Å². The van der Waals surface area contributed by atoms with Crippen LogP contribution in [-0.4, -0.2) is 70.5 Å². The Balaban J connectivity index is 1.01. The minimum Gasteiger partial charge on any atom is -0.471 e. The number of likely N-dealkylation sites (tertiary alicyclic amines) is 1. The maximum Gasteiger partial charge on any atom is 0.245 e. The number of hydrogen-bond donors (Lipinski definition) is 3. The lowest BCUT2D eigenvalue weighted by Gasteiger charge is -2.28. The average Bonchev–Trinajstić information content (AvgIpc) is 4.00. The highest BCUT2D eigenvalue weighted by atomic mass is 32.2. The van der Waals surface area contributed by atoms with Gasteiger partial charge in [-0.25, -0.2) is 18.4 Å². The Hall–Kier alpha value is -4.52. The molecule has 5 unspecified atom stereocenters. The normalized spacial score (nSPS) is 23.0. The molecule has 0 bridgehead atoms. The van der Waals surface area contributed by atoms with Crippen LogP contribution in [0.25, 0.3) is 11.0 Å². The molecule has 3 aliphatic rings. The van der Waals surface area contributed by atoms with Gasteiger partial charge in [-0.3, -0.25) is 19.1 Å². The summed E-state index contributed by atoms with van der Waals surface area (Å²) in [6.07, 6.45) is 9.62. The molecule has 12 nitrogen and oxygen atoms in total. The van der Waals surface area contributed by atoms with E-state index >= 15 is 0 Å². The molecule has 4 N–H and O–H groups in total. The van der Waals surface area contributed by atoms with Crippen LogP contribution in [0.5, 0.6) is 5.88 Å². The zero-order chi connectivity index (χ0) is 35.5. The van der Waals surface area contributed by atoms with E-state index in [1.807, 2.05) is 67.6 Å². The number of amides is 3. The highest BCUT2D eigenvalue weighted by Gasteiger charge is 2.52. The molecular formula is C37H46N6O6S. The Morgan fingerprint density at radius 3 is 2.42 bits per heavy atom. The van der Waals surface area contributed by atoms with Crippen molar-refractivity contribution in [3.05, 3.63) is 72.4 Å². The molecule has 6 rings (SSSR count). The number of nitrogens with one attached hydrogen (secondary N) is 2. The smallest absolute Gasteiger partial charge is 0.245 e. The molecule has 3 amide bonds. The van der Waals surface area contributed by atoms with Crippen LogP contribution in [0.4, 0.5) is 5.69 Å². The zero-order valence-electron chi connectivity index (χ0n) is 28.6. The van der Waals surface area contributed by atoms with Crippen molar-refractivity contribution in [3.8, 4) is 5.88 Å². The number of nitrogens with zero attached hydrogens (tertiary/aromatic N) is 3. The number of sulfonamides is 1. The first kappa shape index (κ1) is 35.3. The summed E-state index contributed by atoms with van der Waals surface area (Å²) in [6, 6.07) is 15.6. The van der Waals surface area contributed by atoms with Gasteiger partial charge in [-0.2, -0.15) is 0 Å². The van der Waals surface area contributed by atoms with Gasteiger partial charge >= 0.3 is 0 Å². The summed E-state index contributed by atoms with van der Waals surface area (Å²) in [4.78, 5) is 49.9. The van der Waals surface area contributed by atoms with Crippen molar-refractivity contribution in [1.82, 2.24) is 19.6 Å². The molecule has 2 saturated carbocycles. The van der Waals surface area contributed by atoms with E-state index in [9.17, 15) is 22.8 Å². The number of fused-ring (bicyclic) bond motifs is 1. The fourth-order valence-electron chi connectivity index (χ4n) is 6.49. The first-order chi connectivity index (χ1) is 23.9. The number of nitrogens with two attached hydrogens (primary N) is 1. The van der Waals surface area contributed by atoms with Crippen LogP contribution in [-0.2, 0) is 24.4 Å². The predicted octanol–water partition coefficient (Wildman–Crippen LogP) is 4.39. The molecule has 3 aromatic rings. The molecule has 5 atom stereocenters. The quantitative estimate of drug-likeness (QED) is 0.145. The van der Waals surface area contributed by atoms with E-state index in [-0.39, 0.29) is 30.7 Å². The van der Waals surface area contributed by atoms with Gasteiger partial charge in [0.25, 0.3) is 0 Å². The third-order valence-corrected chi connectivity index (χ3v) is 12.2. The second kappa shape index (κ2) is 14.8. The molecule has 50 heavy (non-hydrogen) atoms. The zero-order valence-corrected chi connectivity index (χ0v) is 29.4. The summed E-state index contributed by atoms with van der Waals surface area (Å²) in [5, 5.41) is 3.38. The van der Waals surface area contributed by atoms with Crippen LogP contribution in [0.1, 0.15) is 70.4 Å². The Labute approximate surface area is 293 Å².